The van der Waals surface area contributed by atoms with Crippen LogP contribution in [-0.4, -0.2) is 49.4 Å². The largest absolute Gasteiger partial charge is 0.486 e. The van der Waals surface area contributed by atoms with Crippen molar-refractivity contribution in [3.8, 4) is 11.5 Å². The lowest BCUT2D eigenvalue weighted by Crippen LogP contribution is -2.37. The van der Waals surface area contributed by atoms with E-state index in [1.54, 1.807) is 18.2 Å². The van der Waals surface area contributed by atoms with Crippen LogP contribution in [0.1, 0.15) is 33.6 Å². The van der Waals surface area contributed by atoms with Gasteiger partial charge in [0, 0.05) is 49.5 Å². The quantitative estimate of drug-likeness (QED) is 0.724. The SMILES string of the molecule is O=C(CCC(=O)c1ccc2c(c1)OCCO2)NCCN1CCc2sccc2C1. The van der Waals surface area contributed by atoms with Crippen LogP contribution < -0.4 is 14.8 Å². The summed E-state index contributed by atoms with van der Waals surface area (Å²) in [7, 11) is 0. The minimum absolute atomic E-state index is 0.0619. The average Bonchev–Trinajstić information content (AvgIpc) is 3.19. The molecular weight excluding hydrogens is 376 g/mol. The Bertz CT molecular complexity index is 864. The minimum Gasteiger partial charge on any atom is -0.486 e. The summed E-state index contributed by atoms with van der Waals surface area (Å²) < 4.78 is 11.0. The topological polar surface area (TPSA) is 67.9 Å². The second-order valence-electron chi connectivity index (χ2n) is 7.03. The highest BCUT2D eigenvalue weighted by Crippen LogP contribution is 2.31. The van der Waals surface area contributed by atoms with Gasteiger partial charge in [0.2, 0.25) is 5.91 Å². The average molecular weight is 401 g/mol. The Morgan fingerprint density at radius 2 is 1.96 bits per heavy atom. The van der Waals surface area contributed by atoms with E-state index in [1.165, 1.54) is 10.4 Å². The Kier molecular flexibility index (Phi) is 5.92. The van der Waals surface area contributed by atoms with Gasteiger partial charge in [0.25, 0.3) is 0 Å². The van der Waals surface area contributed by atoms with Gasteiger partial charge < -0.3 is 14.8 Å². The Balaban J connectivity index is 1.18. The molecule has 0 fully saturated rings. The van der Waals surface area contributed by atoms with E-state index in [1.807, 2.05) is 11.3 Å². The maximum absolute atomic E-state index is 12.4. The van der Waals surface area contributed by atoms with Crippen molar-refractivity contribution in [1.29, 1.82) is 0 Å². The highest BCUT2D eigenvalue weighted by molar-refractivity contribution is 7.10. The van der Waals surface area contributed by atoms with Gasteiger partial charge in [0.05, 0.1) is 0 Å². The molecule has 3 heterocycles. The maximum Gasteiger partial charge on any atom is 0.220 e. The molecule has 1 amide bonds. The third-order valence-electron chi connectivity index (χ3n) is 5.08. The molecule has 0 saturated heterocycles. The number of nitrogens with zero attached hydrogens (tertiary/aromatic N) is 1. The molecule has 0 unspecified atom stereocenters. The molecule has 1 aromatic carbocycles. The van der Waals surface area contributed by atoms with E-state index in [0.29, 0.717) is 36.8 Å². The number of rotatable bonds is 7. The second-order valence-corrected chi connectivity index (χ2v) is 8.03. The number of hydrogen-bond donors (Lipinski definition) is 1. The zero-order valence-corrected chi connectivity index (χ0v) is 16.6. The van der Waals surface area contributed by atoms with Crippen molar-refractivity contribution >= 4 is 23.0 Å². The Hall–Kier alpha value is -2.38. The molecule has 0 spiro atoms. The van der Waals surface area contributed by atoms with Crippen molar-refractivity contribution in [2.45, 2.75) is 25.8 Å². The van der Waals surface area contributed by atoms with Crippen molar-refractivity contribution in [2.75, 3.05) is 32.8 Å². The van der Waals surface area contributed by atoms with Crippen molar-refractivity contribution in [3.05, 3.63) is 45.6 Å². The molecule has 7 heteroatoms. The summed E-state index contributed by atoms with van der Waals surface area (Å²) in [6.07, 6.45) is 1.47. The van der Waals surface area contributed by atoms with Crippen LogP contribution in [0.15, 0.2) is 29.6 Å². The summed E-state index contributed by atoms with van der Waals surface area (Å²) in [5.41, 5.74) is 1.96. The number of ketones is 1. The number of benzene rings is 1. The molecule has 0 radical (unpaired) electrons. The summed E-state index contributed by atoms with van der Waals surface area (Å²) in [4.78, 5) is 28.3. The summed E-state index contributed by atoms with van der Waals surface area (Å²) in [5.74, 6) is 1.11. The number of amides is 1. The normalized spacial score (nSPS) is 15.7. The first-order valence-corrected chi connectivity index (χ1v) is 10.5. The monoisotopic (exact) mass is 400 g/mol. The first kappa shape index (κ1) is 19.0. The molecule has 28 heavy (non-hydrogen) atoms. The number of hydrogen-bond acceptors (Lipinski definition) is 6. The second kappa shape index (κ2) is 8.75. The van der Waals surface area contributed by atoms with Gasteiger partial charge >= 0.3 is 0 Å². The first-order chi connectivity index (χ1) is 13.7. The third-order valence-corrected chi connectivity index (χ3v) is 6.10. The molecule has 1 aromatic heterocycles. The van der Waals surface area contributed by atoms with E-state index in [-0.39, 0.29) is 24.5 Å². The fourth-order valence-electron chi connectivity index (χ4n) is 3.53. The molecule has 2 aliphatic rings. The maximum atomic E-state index is 12.4. The number of thiophene rings is 1. The van der Waals surface area contributed by atoms with Crippen LogP contribution >= 0.6 is 11.3 Å². The molecule has 2 aliphatic heterocycles. The van der Waals surface area contributed by atoms with E-state index in [9.17, 15) is 9.59 Å². The molecule has 0 atom stereocenters. The standard InChI is InChI=1S/C21H24N2O4S/c24-17(15-1-3-18-19(13-15)27-11-10-26-18)2-4-21(25)22-7-9-23-8-5-20-16(14-23)6-12-28-20/h1,3,6,12-13H,2,4-5,7-11,14H2,(H,22,25). The van der Waals surface area contributed by atoms with Gasteiger partial charge in [0.15, 0.2) is 17.3 Å². The van der Waals surface area contributed by atoms with Gasteiger partial charge in [-0.3, -0.25) is 14.5 Å². The van der Waals surface area contributed by atoms with Crippen LogP contribution in [0, 0.1) is 0 Å². The first-order valence-electron chi connectivity index (χ1n) is 9.66. The van der Waals surface area contributed by atoms with Crippen LogP contribution in [0.4, 0.5) is 0 Å². The summed E-state index contributed by atoms with van der Waals surface area (Å²) >= 11 is 1.83. The predicted octanol–water partition coefficient (Wildman–Crippen LogP) is 2.66. The molecule has 1 N–H and O–H groups in total. The number of carbonyl (C=O) groups is 2. The van der Waals surface area contributed by atoms with Crippen LogP contribution in [-0.2, 0) is 17.8 Å². The molecule has 6 nitrogen and oxygen atoms in total. The summed E-state index contributed by atoms with van der Waals surface area (Å²) in [5, 5.41) is 5.08. The van der Waals surface area contributed by atoms with Gasteiger partial charge in [-0.15, -0.1) is 11.3 Å². The Morgan fingerprint density at radius 1 is 1.11 bits per heavy atom. The van der Waals surface area contributed by atoms with Crippen molar-refractivity contribution in [2.24, 2.45) is 0 Å². The molecule has 2 aromatic rings. The number of ether oxygens (including phenoxy) is 2. The smallest absolute Gasteiger partial charge is 0.220 e. The lowest BCUT2D eigenvalue weighted by atomic mass is 10.1. The van der Waals surface area contributed by atoms with Gasteiger partial charge in [-0.25, -0.2) is 0 Å². The highest BCUT2D eigenvalue weighted by Gasteiger charge is 2.18. The number of nitrogens with one attached hydrogen (secondary N) is 1. The van der Waals surface area contributed by atoms with E-state index in [0.717, 1.165) is 26.1 Å². The summed E-state index contributed by atoms with van der Waals surface area (Å²) in [6, 6.07) is 7.36. The molecule has 4 rings (SSSR count). The number of carbonyl (C=O) groups excluding carboxylic acids is 2. The molecule has 0 aliphatic carbocycles. The number of Topliss-reactive ketones (excluding diaryl/α,β-unsaturated/α-hetero) is 1. The van der Waals surface area contributed by atoms with Gasteiger partial charge in [-0.1, -0.05) is 0 Å². The Morgan fingerprint density at radius 3 is 2.86 bits per heavy atom. The van der Waals surface area contributed by atoms with Crippen LogP contribution in [0.5, 0.6) is 11.5 Å². The van der Waals surface area contributed by atoms with Crippen LogP contribution in [0.3, 0.4) is 0 Å². The molecule has 0 bridgehead atoms. The molecule has 0 saturated carbocycles. The minimum atomic E-state index is -0.0841. The predicted molar refractivity (Wildman–Crippen MR) is 107 cm³/mol. The van der Waals surface area contributed by atoms with E-state index in [4.69, 9.17) is 9.47 Å². The number of fused-ring (bicyclic) bond motifs is 2. The van der Waals surface area contributed by atoms with E-state index in [2.05, 4.69) is 21.7 Å². The van der Waals surface area contributed by atoms with Gasteiger partial charge in [-0.05, 0) is 41.6 Å². The lowest BCUT2D eigenvalue weighted by Gasteiger charge is -2.26. The zero-order valence-electron chi connectivity index (χ0n) is 15.7. The fourth-order valence-corrected chi connectivity index (χ4v) is 4.42. The van der Waals surface area contributed by atoms with E-state index < -0.39 is 0 Å². The Labute approximate surface area is 168 Å². The molecular formula is C21H24N2O4S. The van der Waals surface area contributed by atoms with Crippen molar-refractivity contribution in [3.63, 3.8) is 0 Å². The van der Waals surface area contributed by atoms with Crippen molar-refractivity contribution < 1.29 is 19.1 Å². The molecule has 148 valence electrons. The van der Waals surface area contributed by atoms with Gasteiger partial charge in [-0.2, -0.15) is 0 Å². The fraction of sp³-hybridized carbons (Fsp3) is 0.429. The highest BCUT2D eigenvalue weighted by atomic mass is 32.1. The van der Waals surface area contributed by atoms with Gasteiger partial charge in [0.1, 0.15) is 13.2 Å². The zero-order chi connectivity index (χ0) is 19.3. The van der Waals surface area contributed by atoms with Crippen LogP contribution in [0.2, 0.25) is 0 Å². The van der Waals surface area contributed by atoms with Crippen molar-refractivity contribution in [1.82, 2.24) is 10.2 Å². The van der Waals surface area contributed by atoms with E-state index >= 15 is 0 Å². The van der Waals surface area contributed by atoms with Crippen LogP contribution in [0.25, 0.3) is 0 Å². The lowest BCUT2D eigenvalue weighted by molar-refractivity contribution is -0.121. The summed E-state index contributed by atoms with van der Waals surface area (Å²) in [6.45, 7) is 4.43. The third kappa shape index (κ3) is 4.54.